The number of para-hydroxylation sites is 1. The molecule has 0 bridgehead atoms. The van der Waals surface area contributed by atoms with Gasteiger partial charge in [-0.15, -0.1) is 0 Å². The molecule has 2 aromatic carbocycles. The predicted molar refractivity (Wildman–Crippen MR) is 76.2 cm³/mol. The Kier molecular flexibility index (Phi) is 4.92. The topological polar surface area (TPSA) is 87.0 Å². The summed E-state index contributed by atoms with van der Waals surface area (Å²) in [5.41, 5.74) is 0.434. The lowest BCUT2D eigenvalue weighted by atomic mass is 10.0. The molecular weight excluding hydrogens is 272 g/mol. The molecule has 0 heterocycles. The molecule has 3 N–H and O–H groups in total. The molecule has 0 spiro atoms. The lowest BCUT2D eigenvalue weighted by molar-refractivity contribution is -0.141. The number of carbonyl (C=O) groups is 1. The second kappa shape index (κ2) is 6.88. The number of aliphatic hydroxyl groups excluding tert-OH is 2. The average Bonchev–Trinajstić information content (AvgIpc) is 2.47. The van der Waals surface area contributed by atoms with Crippen LogP contribution in [-0.2, 0) is 4.79 Å². The second-order valence-corrected chi connectivity index (χ2v) is 4.59. The zero-order valence-corrected chi connectivity index (χ0v) is 11.2. The third kappa shape index (κ3) is 4.30. The van der Waals surface area contributed by atoms with Gasteiger partial charge in [0.25, 0.3) is 0 Å². The molecule has 0 radical (unpaired) electrons. The van der Waals surface area contributed by atoms with Crippen LogP contribution in [-0.4, -0.2) is 27.4 Å². The zero-order valence-electron chi connectivity index (χ0n) is 11.2. The molecule has 0 aliphatic carbocycles. The third-order valence-corrected chi connectivity index (χ3v) is 2.95. The first-order valence-electron chi connectivity index (χ1n) is 6.47. The fourth-order valence-corrected chi connectivity index (χ4v) is 1.87. The standard InChI is InChI=1S/C16H16O5/c17-14(10-15(18)19)16(20)11-6-8-13(9-7-11)21-12-4-2-1-3-5-12/h1-9,14,16-17,20H,10H2,(H,18,19). The number of hydrogen-bond donors (Lipinski definition) is 3. The molecule has 2 aromatic rings. The molecule has 21 heavy (non-hydrogen) atoms. The summed E-state index contributed by atoms with van der Waals surface area (Å²) in [5.74, 6) is 0.118. The highest BCUT2D eigenvalue weighted by atomic mass is 16.5. The summed E-state index contributed by atoms with van der Waals surface area (Å²) in [7, 11) is 0. The maximum Gasteiger partial charge on any atom is 0.306 e. The van der Waals surface area contributed by atoms with Crippen LogP contribution in [0.15, 0.2) is 54.6 Å². The van der Waals surface area contributed by atoms with E-state index in [0.29, 0.717) is 17.1 Å². The average molecular weight is 288 g/mol. The van der Waals surface area contributed by atoms with Crippen molar-refractivity contribution in [3.63, 3.8) is 0 Å². The van der Waals surface area contributed by atoms with Crippen LogP contribution in [0.2, 0.25) is 0 Å². The number of rotatable bonds is 6. The molecule has 5 heteroatoms. The Morgan fingerprint density at radius 2 is 1.52 bits per heavy atom. The van der Waals surface area contributed by atoms with E-state index in [4.69, 9.17) is 9.84 Å². The van der Waals surface area contributed by atoms with Crippen LogP contribution < -0.4 is 4.74 Å². The minimum Gasteiger partial charge on any atom is -0.481 e. The number of carboxylic acid groups (broad SMARTS) is 1. The lowest BCUT2D eigenvalue weighted by Gasteiger charge is -2.16. The van der Waals surface area contributed by atoms with Crippen molar-refractivity contribution >= 4 is 5.97 Å². The zero-order chi connectivity index (χ0) is 15.2. The Hall–Kier alpha value is -2.37. The first-order chi connectivity index (χ1) is 10.1. The van der Waals surface area contributed by atoms with Crippen molar-refractivity contribution in [1.29, 1.82) is 0 Å². The van der Waals surface area contributed by atoms with E-state index in [9.17, 15) is 15.0 Å². The van der Waals surface area contributed by atoms with Crippen LogP contribution in [0.3, 0.4) is 0 Å². The monoisotopic (exact) mass is 288 g/mol. The Labute approximate surface area is 122 Å². The maximum absolute atomic E-state index is 10.5. The first-order valence-corrected chi connectivity index (χ1v) is 6.47. The lowest BCUT2D eigenvalue weighted by Crippen LogP contribution is -2.21. The minimum atomic E-state index is -1.34. The molecule has 0 aliphatic rings. The smallest absolute Gasteiger partial charge is 0.306 e. The van der Waals surface area contributed by atoms with Crippen molar-refractivity contribution < 1.29 is 24.9 Å². The predicted octanol–water partition coefficient (Wildman–Crippen LogP) is 2.35. The number of benzene rings is 2. The van der Waals surface area contributed by atoms with E-state index in [0.717, 1.165) is 0 Å². The van der Waals surface area contributed by atoms with Gasteiger partial charge < -0.3 is 20.1 Å². The molecule has 2 unspecified atom stereocenters. The van der Waals surface area contributed by atoms with Gasteiger partial charge in [-0.1, -0.05) is 30.3 Å². The first kappa shape index (κ1) is 15.0. The normalized spacial score (nSPS) is 13.4. The van der Waals surface area contributed by atoms with Crippen molar-refractivity contribution in [2.24, 2.45) is 0 Å². The largest absolute Gasteiger partial charge is 0.481 e. The van der Waals surface area contributed by atoms with Crippen LogP contribution in [0.1, 0.15) is 18.1 Å². The van der Waals surface area contributed by atoms with E-state index in [2.05, 4.69) is 0 Å². The van der Waals surface area contributed by atoms with E-state index in [-0.39, 0.29) is 0 Å². The van der Waals surface area contributed by atoms with Gasteiger partial charge in [-0.2, -0.15) is 0 Å². The Morgan fingerprint density at radius 1 is 0.952 bits per heavy atom. The summed E-state index contributed by atoms with van der Waals surface area (Å²) in [6, 6.07) is 15.7. The Balaban J connectivity index is 2.03. The number of carboxylic acids is 1. The van der Waals surface area contributed by atoms with E-state index >= 15 is 0 Å². The van der Waals surface area contributed by atoms with Crippen molar-refractivity contribution in [1.82, 2.24) is 0 Å². The fraction of sp³-hybridized carbons (Fsp3) is 0.188. The van der Waals surface area contributed by atoms with Crippen LogP contribution in [0, 0.1) is 0 Å². The molecule has 110 valence electrons. The van der Waals surface area contributed by atoms with Crippen molar-refractivity contribution in [2.45, 2.75) is 18.6 Å². The number of ether oxygens (including phenoxy) is 1. The number of aliphatic carboxylic acids is 1. The van der Waals surface area contributed by atoms with Gasteiger partial charge in [0.1, 0.15) is 17.6 Å². The fourth-order valence-electron chi connectivity index (χ4n) is 1.87. The molecule has 0 fully saturated rings. The molecule has 5 nitrogen and oxygen atoms in total. The van der Waals surface area contributed by atoms with Gasteiger partial charge in [-0.05, 0) is 29.8 Å². The SMILES string of the molecule is O=C(O)CC(O)C(O)c1ccc(Oc2ccccc2)cc1. The summed E-state index contributed by atoms with van der Waals surface area (Å²) < 4.78 is 5.60. The molecule has 0 saturated heterocycles. The quantitative estimate of drug-likeness (QED) is 0.759. The van der Waals surface area contributed by atoms with Crippen LogP contribution in [0.5, 0.6) is 11.5 Å². The minimum absolute atomic E-state index is 0.434. The Morgan fingerprint density at radius 3 is 2.10 bits per heavy atom. The second-order valence-electron chi connectivity index (χ2n) is 4.59. The summed E-state index contributed by atoms with van der Waals surface area (Å²) in [6.07, 6.45) is -3.10. The van der Waals surface area contributed by atoms with E-state index in [1.807, 2.05) is 30.3 Å². The van der Waals surface area contributed by atoms with Gasteiger partial charge in [0.2, 0.25) is 0 Å². The summed E-state index contributed by atoms with van der Waals surface area (Å²) in [6.45, 7) is 0. The van der Waals surface area contributed by atoms with Crippen LogP contribution in [0.25, 0.3) is 0 Å². The summed E-state index contributed by atoms with van der Waals surface area (Å²) in [5, 5.41) is 28.0. The van der Waals surface area contributed by atoms with Crippen molar-refractivity contribution in [3.8, 4) is 11.5 Å². The highest BCUT2D eigenvalue weighted by Gasteiger charge is 2.21. The van der Waals surface area contributed by atoms with Gasteiger partial charge in [0.05, 0.1) is 12.5 Å². The summed E-state index contributed by atoms with van der Waals surface area (Å²) >= 11 is 0. The third-order valence-electron chi connectivity index (χ3n) is 2.95. The van der Waals surface area contributed by atoms with Gasteiger partial charge in [0.15, 0.2) is 0 Å². The molecule has 2 rings (SSSR count). The van der Waals surface area contributed by atoms with Crippen molar-refractivity contribution in [2.75, 3.05) is 0 Å². The molecular formula is C16H16O5. The van der Waals surface area contributed by atoms with E-state index < -0.39 is 24.6 Å². The van der Waals surface area contributed by atoms with Gasteiger partial charge >= 0.3 is 5.97 Å². The number of hydrogen-bond acceptors (Lipinski definition) is 4. The molecule has 2 atom stereocenters. The summed E-state index contributed by atoms with van der Waals surface area (Å²) in [4.78, 5) is 10.5. The van der Waals surface area contributed by atoms with Crippen molar-refractivity contribution in [3.05, 3.63) is 60.2 Å². The molecule has 0 aromatic heterocycles. The van der Waals surface area contributed by atoms with Gasteiger partial charge in [0, 0.05) is 0 Å². The molecule has 0 saturated carbocycles. The highest BCUT2D eigenvalue weighted by Crippen LogP contribution is 2.25. The highest BCUT2D eigenvalue weighted by molar-refractivity contribution is 5.67. The van der Waals surface area contributed by atoms with Crippen LogP contribution >= 0.6 is 0 Å². The van der Waals surface area contributed by atoms with E-state index in [1.165, 1.54) is 0 Å². The molecule has 0 amide bonds. The number of aliphatic hydroxyl groups is 2. The molecule has 0 aliphatic heterocycles. The maximum atomic E-state index is 10.5. The Bertz CT molecular complexity index is 579. The van der Waals surface area contributed by atoms with Gasteiger partial charge in [-0.3, -0.25) is 4.79 Å². The van der Waals surface area contributed by atoms with Crippen LogP contribution in [0.4, 0.5) is 0 Å². The van der Waals surface area contributed by atoms with E-state index in [1.54, 1.807) is 24.3 Å². The van der Waals surface area contributed by atoms with Gasteiger partial charge in [-0.25, -0.2) is 0 Å².